The van der Waals surface area contributed by atoms with Crippen LogP contribution in [0, 0.1) is 16.7 Å². The van der Waals surface area contributed by atoms with Crippen LogP contribution in [-0.2, 0) is 24.8 Å². The first-order valence-corrected chi connectivity index (χ1v) is 8.56. The van der Waals surface area contributed by atoms with Crippen molar-refractivity contribution in [3.05, 3.63) is 59.4 Å². The minimum absolute atomic E-state index is 0.373. The zero-order valence-corrected chi connectivity index (χ0v) is 15.3. The number of aromatic nitrogens is 2. The monoisotopic (exact) mass is 346 g/mol. The molecule has 2 aromatic carbocycles. The van der Waals surface area contributed by atoms with E-state index in [4.69, 9.17) is 10.2 Å². The summed E-state index contributed by atoms with van der Waals surface area (Å²) in [6.07, 6.45) is 1.70. The molecule has 0 radical (unpaired) electrons. The van der Waals surface area contributed by atoms with Crippen LogP contribution in [0.15, 0.2) is 42.5 Å². The number of carbonyl (C=O) groups is 1. The van der Waals surface area contributed by atoms with Gasteiger partial charge in [0, 0.05) is 18.2 Å². The Kier molecular flexibility index (Phi) is 4.77. The van der Waals surface area contributed by atoms with Gasteiger partial charge in [-0.3, -0.25) is 0 Å². The van der Waals surface area contributed by atoms with Crippen LogP contribution in [0.1, 0.15) is 30.8 Å². The van der Waals surface area contributed by atoms with Gasteiger partial charge in [0.2, 0.25) is 0 Å². The number of anilines is 1. The number of aldehydes is 1. The summed E-state index contributed by atoms with van der Waals surface area (Å²) in [5, 5.41) is 12.2. The number of nitriles is 1. The summed E-state index contributed by atoms with van der Waals surface area (Å²) >= 11 is 0. The zero-order valence-electron chi connectivity index (χ0n) is 15.3. The van der Waals surface area contributed by atoms with E-state index in [1.165, 1.54) is 0 Å². The van der Waals surface area contributed by atoms with E-state index < -0.39 is 0 Å². The quantitative estimate of drug-likeness (QED) is 0.689. The minimum Gasteiger partial charge on any atom is -0.378 e. The molecule has 0 saturated carbocycles. The first-order chi connectivity index (χ1) is 12.4. The van der Waals surface area contributed by atoms with Gasteiger partial charge in [0.15, 0.2) is 0 Å². The fourth-order valence-electron chi connectivity index (χ4n) is 2.97. The second-order valence-electron chi connectivity index (χ2n) is 7.24. The third-order valence-electron chi connectivity index (χ3n) is 4.48. The average Bonchev–Trinajstić information content (AvgIpc) is 2.95. The van der Waals surface area contributed by atoms with Gasteiger partial charge in [-0.2, -0.15) is 5.26 Å². The van der Waals surface area contributed by atoms with Gasteiger partial charge in [0.05, 0.1) is 29.2 Å². The van der Waals surface area contributed by atoms with Crippen molar-refractivity contribution in [3.8, 4) is 6.07 Å². The van der Waals surface area contributed by atoms with Crippen LogP contribution in [0.25, 0.3) is 11.0 Å². The van der Waals surface area contributed by atoms with Crippen LogP contribution >= 0.6 is 0 Å². The molecule has 0 aliphatic heterocycles. The van der Waals surface area contributed by atoms with Crippen LogP contribution in [0.4, 0.5) is 5.69 Å². The standard InChI is InChI=1S/C21H22N4O/c1-21(2,14-26)11-16-6-9-19-18(10-16)24-20(25(19)3)13-23-17-7-4-15(12-22)5-8-17/h4-10,14,23H,11,13H2,1-3H3. The van der Waals surface area contributed by atoms with E-state index in [2.05, 4.69) is 34.2 Å². The van der Waals surface area contributed by atoms with Crippen LogP contribution < -0.4 is 5.32 Å². The summed E-state index contributed by atoms with van der Waals surface area (Å²) in [5.74, 6) is 0.927. The van der Waals surface area contributed by atoms with Crippen molar-refractivity contribution < 1.29 is 4.79 Å². The molecule has 0 bridgehead atoms. The highest BCUT2D eigenvalue weighted by atomic mass is 16.1. The largest absolute Gasteiger partial charge is 0.378 e. The molecule has 132 valence electrons. The maximum Gasteiger partial charge on any atom is 0.128 e. The van der Waals surface area contributed by atoms with Crippen LogP contribution in [0.5, 0.6) is 0 Å². The number of hydrogen-bond acceptors (Lipinski definition) is 4. The zero-order chi connectivity index (χ0) is 18.7. The number of fused-ring (bicyclic) bond motifs is 1. The second kappa shape index (κ2) is 7.01. The van der Waals surface area contributed by atoms with Crippen molar-refractivity contribution in [2.45, 2.75) is 26.8 Å². The maximum absolute atomic E-state index is 11.2. The van der Waals surface area contributed by atoms with E-state index in [9.17, 15) is 4.79 Å². The molecule has 26 heavy (non-hydrogen) atoms. The van der Waals surface area contributed by atoms with Crippen molar-refractivity contribution in [2.24, 2.45) is 12.5 Å². The second-order valence-corrected chi connectivity index (χ2v) is 7.24. The normalized spacial score (nSPS) is 11.3. The lowest BCUT2D eigenvalue weighted by molar-refractivity contribution is -0.114. The fraction of sp³-hybridized carbons (Fsp3) is 0.286. The Balaban J connectivity index is 1.79. The van der Waals surface area contributed by atoms with E-state index in [0.29, 0.717) is 18.5 Å². The molecule has 0 aliphatic carbocycles. The first-order valence-electron chi connectivity index (χ1n) is 8.56. The van der Waals surface area contributed by atoms with Gasteiger partial charge in [0.25, 0.3) is 0 Å². The Bertz CT molecular complexity index is 978. The topological polar surface area (TPSA) is 70.7 Å². The molecule has 1 N–H and O–H groups in total. The summed E-state index contributed by atoms with van der Waals surface area (Å²) in [6.45, 7) is 4.47. The molecule has 5 heteroatoms. The maximum atomic E-state index is 11.2. The summed E-state index contributed by atoms with van der Waals surface area (Å²) in [4.78, 5) is 15.9. The van der Waals surface area contributed by atoms with Gasteiger partial charge in [0.1, 0.15) is 12.1 Å². The third kappa shape index (κ3) is 3.75. The Morgan fingerprint density at radius 2 is 1.96 bits per heavy atom. The lowest BCUT2D eigenvalue weighted by Gasteiger charge is -2.16. The van der Waals surface area contributed by atoms with Gasteiger partial charge >= 0.3 is 0 Å². The molecule has 1 aromatic heterocycles. The van der Waals surface area contributed by atoms with E-state index in [-0.39, 0.29) is 5.41 Å². The summed E-state index contributed by atoms with van der Waals surface area (Å²) < 4.78 is 2.07. The Labute approximate surface area is 153 Å². The van der Waals surface area contributed by atoms with Gasteiger partial charge in [-0.05, 0) is 48.4 Å². The van der Waals surface area contributed by atoms with Crippen molar-refractivity contribution >= 4 is 23.0 Å². The Morgan fingerprint density at radius 3 is 2.62 bits per heavy atom. The smallest absolute Gasteiger partial charge is 0.128 e. The van der Waals surface area contributed by atoms with Gasteiger partial charge in [-0.25, -0.2) is 4.98 Å². The molecule has 0 spiro atoms. The van der Waals surface area contributed by atoms with Crippen molar-refractivity contribution in [2.75, 3.05) is 5.32 Å². The number of nitrogens with zero attached hydrogens (tertiary/aromatic N) is 3. The fourth-order valence-corrected chi connectivity index (χ4v) is 2.97. The van der Waals surface area contributed by atoms with Crippen LogP contribution in [0.2, 0.25) is 0 Å². The number of hydrogen-bond donors (Lipinski definition) is 1. The number of aryl methyl sites for hydroxylation is 1. The van der Waals surface area contributed by atoms with Gasteiger partial charge in [-0.15, -0.1) is 0 Å². The van der Waals surface area contributed by atoms with Gasteiger partial charge in [-0.1, -0.05) is 19.9 Å². The van der Waals surface area contributed by atoms with E-state index in [0.717, 1.165) is 34.4 Å². The van der Waals surface area contributed by atoms with E-state index >= 15 is 0 Å². The summed E-state index contributed by atoms with van der Waals surface area (Å²) in [6, 6.07) is 15.7. The third-order valence-corrected chi connectivity index (χ3v) is 4.48. The molecule has 0 unspecified atom stereocenters. The van der Waals surface area contributed by atoms with Crippen molar-refractivity contribution in [1.82, 2.24) is 9.55 Å². The van der Waals surface area contributed by atoms with Gasteiger partial charge < -0.3 is 14.7 Å². The van der Waals surface area contributed by atoms with E-state index in [1.54, 1.807) is 12.1 Å². The van der Waals surface area contributed by atoms with E-state index in [1.807, 2.05) is 33.0 Å². The molecule has 0 saturated heterocycles. The minimum atomic E-state index is -0.373. The number of carbonyl (C=O) groups excluding carboxylic acids is 1. The molecular formula is C21H22N4O. The van der Waals surface area contributed by atoms with Crippen molar-refractivity contribution in [3.63, 3.8) is 0 Å². The summed E-state index contributed by atoms with van der Waals surface area (Å²) in [7, 11) is 2.00. The summed E-state index contributed by atoms with van der Waals surface area (Å²) in [5.41, 5.74) is 4.33. The molecule has 0 fully saturated rings. The molecule has 3 aromatic rings. The Morgan fingerprint density at radius 1 is 1.23 bits per heavy atom. The highest BCUT2D eigenvalue weighted by Gasteiger charge is 2.18. The van der Waals surface area contributed by atoms with Crippen LogP contribution in [-0.4, -0.2) is 15.8 Å². The van der Waals surface area contributed by atoms with Crippen molar-refractivity contribution in [1.29, 1.82) is 5.26 Å². The SMILES string of the molecule is Cn1c(CNc2ccc(C#N)cc2)nc2cc(CC(C)(C)C=O)ccc21. The highest BCUT2D eigenvalue weighted by Crippen LogP contribution is 2.23. The average molecular weight is 346 g/mol. The predicted octanol–water partition coefficient (Wildman–Crippen LogP) is 3.82. The lowest BCUT2D eigenvalue weighted by atomic mass is 9.87. The predicted molar refractivity (Wildman–Crippen MR) is 103 cm³/mol. The number of imidazole rings is 1. The molecule has 3 rings (SSSR count). The Hall–Kier alpha value is -3.13. The molecule has 5 nitrogen and oxygen atoms in total. The number of benzene rings is 2. The highest BCUT2D eigenvalue weighted by molar-refractivity contribution is 5.77. The molecule has 0 amide bonds. The number of nitrogens with one attached hydrogen (secondary N) is 1. The molecule has 0 atom stereocenters. The lowest BCUT2D eigenvalue weighted by Crippen LogP contribution is -2.16. The molecular weight excluding hydrogens is 324 g/mol. The number of rotatable bonds is 6. The van der Waals surface area contributed by atoms with Crippen LogP contribution in [0.3, 0.4) is 0 Å². The molecule has 0 aliphatic rings. The molecule has 1 heterocycles. The first kappa shape index (κ1) is 17.7.